The molecule has 1 N–H and O–H groups in total. The van der Waals surface area contributed by atoms with E-state index in [0.29, 0.717) is 5.69 Å². The van der Waals surface area contributed by atoms with Gasteiger partial charge in [0.05, 0.1) is 18.0 Å². The molecule has 0 fully saturated rings. The summed E-state index contributed by atoms with van der Waals surface area (Å²) in [6.45, 7) is 2.79. The summed E-state index contributed by atoms with van der Waals surface area (Å²) < 4.78 is 5.49. The monoisotopic (exact) mass is 230 g/mol. The van der Waals surface area contributed by atoms with Gasteiger partial charge in [-0.05, 0) is 36.8 Å². The third-order valence-corrected chi connectivity index (χ3v) is 2.35. The van der Waals surface area contributed by atoms with Crippen LogP contribution in [-0.4, -0.2) is 23.1 Å². The van der Waals surface area contributed by atoms with E-state index in [4.69, 9.17) is 4.74 Å². The van der Waals surface area contributed by atoms with Crippen molar-refractivity contribution in [1.29, 1.82) is 0 Å². The lowest BCUT2D eigenvalue weighted by Gasteiger charge is -2.04. The number of hydrogen-bond donors (Lipinski definition) is 1. The highest BCUT2D eigenvalue weighted by Gasteiger charge is 2.03. The number of carbonyl (C=O) groups excluding carboxylic acids is 1. The topological polar surface area (TPSA) is 55.0 Å². The summed E-state index contributed by atoms with van der Waals surface area (Å²) in [5.74, 6) is 0.849. The van der Waals surface area contributed by atoms with Gasteiger partial charge >= 0.3 is 0 Å². The Morgan fingerprint density at radius 3 is 2.71 bits per heavy atom. The summed E-state index contributed by atoms with van der Waals surface area (Å²) in [6, 6.07) is 9.38. The standard InChI is InChI=1S/C13H14N2O2/c1-2-7-17-12-5-3-10(4-6-12)13-8-11(9-16)14-15-13/h3-6,8-9H,2,7H2,1H3,(H,14,15). The Labute approximate surface area is 99.6 Å². The van der Waals surface area contributed by atoms with Gasteiger partial charge in [-0.2, -0.15) is 5.10 Å². The number of carbonyl (C=O) groups is 1. The van der Waals surface area contributed by atoms with Crippen molar-refractivity contribution < 1.29 is 9.53 Å². The van der Waals surface area contributed by atoms with Crippen molar-refractivity contribution >= 4 is 6.29 Å². The molecule has 0 atom stereocenters. The van der Waals surface area contributed by atoms with E-state index < -0.39 is 0 Å². The Kier molecular flexibility index (Phi) is 3.55. The van der Waals surface area contributed by atoms with Gasteiger partial charge in [0.25, 0.3) is 0 Å². The molecule has 0 saturated carbocycles. The number of rotatable bonds is 5. The van der Waals surface area contributed by atoms with Gasteiger partial charge in [-0.1, -0.05) is 6.92 Å². The van der Waals surface area contributed by atoms with Crippen LogP contribution in [0.15, 0.2) is 30.3 Å². The minimum atomic E-state index is 0.478. The second-order valence-corrected chi connectivity index (χ2v) is 3.70. The maximum Gasteiger partial charge on any atom is 0.167 e. The zero-order valence-corrected chi connectivity index (χ0v) is 9.64. The molecule has 0 aliphatic carbocycles. The maximum atomic E-state index is 10.5. The Balaban J connectivity index is 2.14. The van der Waals surface area contributed by atoms with Gasteiger partial charge in [-0.3, -0.25) is 9.89 Å². The molecule has 0 radical (unpaired) electrons. The first-order chi connectivity index (χ1) is 8.33. The maximum absolute atomic E-state index is 10.5. The van der Waals surface area contributed by atoms with Gasteiger partial charge in [0.15, 0.2) is 6.29 Å². The Hall–Kier alpha value is -2.10. The van der Waals surface area contributed by atoms with E-state index in [1.807, 2.05) is 24.3 Å². The summed E-state index contributed by atoms with van der Waals surface area (Å²) in [5, 5.41) is 6.71. The molecule has 2 aromatic rings. The third-order valence-electron chi connectivity index (χ3n) is 2.35. The highest BCUT2D eigenvalue weighted by Crippen LogP contribution is 2.21. The van der Waals surface area contributed by atoms with E-state index >= 15 is 0 Å². The van der Waals surface area contributed by atoms with Crippen LogP contribution in [0.5, 0.6) is 5.75 Å². The highest BCUT2D eigenvalue weighted by atomic mass is 16.5. The molecule has 1 heterocycles. The Bertz CT molecular complexity index is 488. The molecule has 4 nitrogen and oxygen atoms in total. The molecule has 0 aliphatic rings. The van der Waals surface area contributed by atoms with Gasteiger partial charge in [-0.25, -0.2) is 0 Å². The van der Waals surface area contributed by atoms with Gasteiger partial charge in [0, 0.05) is 5.56 Å². The summed E-state index contributed by atoms with van der Waals surface area (Å²) in [4.78, 5) is 10.5. The summed E-state index contributed by atoms with van der Waals surface area (Å²) >= 11 is 0. The molecule has 2 rings (SSSR count). The van der Waals surface area contributed by atoms with Crippen molar-refractivity contribution in [2.45, 2.75) is 13.3 Å². The SMILES string of the molecule is CCCOc1ccc(-c2cc(C=O)[nH]n2)cc1. The van der Waals surface area contributed by atoms with Crippen LogP contribution in [0.3, 0.4) is 0 Å². The van der Waals surface area contributed by atoms with Crippen LogP contribution in [0, 0.1) is 0 Å². The number of hydrogen-bond acceptors (Lipinski definition) is 3. The van der Waals surface area contributed by atoms with Crippen LogP contribution in [0.25, 0.3) is 11.3 Å². The van der Waals surface area contributed by atoms with Crippen LogP contribution in [0.1, 0.15) is 23.8 Å². The van der Waals surface area contributed by atoms with E-state index in [-0.39, 0.29) is 0 Å². The van der Waals surface area contributed by atoms with Gasteiger partial charge in [0.2, 0.25) is 0 Å². The number of aldehydes is 1. The molecule has 0 aliphatic heterocycles. The van der Waals surface area contributed by atoms with Crippen molar-refractivity contribution in [1.82, 2.24) is 10.2 Å². The van der Waals surface area contributed by atoms with Crippen LogP contribution < -0.4 is 4.74 Å². The van der Waals surface area contributed by atoms with Gasteiger partial charge < -0.3 is 4.74 Å². The second-order valence-electron chi connectivity index (χ2n) is 3.70. The van der Waals surface area contributed by atoms with Crippen molar-refractivity contribution in [3.05, 3.63) is 36.0 Å². The number of nitrogens with zero attached hydrogens (tertiary/aromatic N) is 1. The molecule has 0 spiro atoms. The zero-order valence-electron chi connectivity index (χ0n) is 9.64. The third kappa shape index (κ3) is 2.72. The van der Waals surface area contributed by atoms with E-state index in [9.17, 15) is 4.79 Å². The van der Waals surface area contributed by atoms with Crippen molar-refractivity contribution in [3.8, 4) is 17.0 Å². The summed E-state index contributed by atoms with van der Waals surface area (Å²) in [7, 11) is 0. The number of nitrogens with one attached hydrogen (secondary N) is 1. The van der Waals surface area contributed by atoms with E-state index in [0.717, 1.165) is 36.3 Å². The van der Waals surface area contributed by atoms with Crippen molar-refractivity contribution in [3.63, 3.8) is 0 Å². The molecule has 0 saturated heterocycles. The quantitative estimate of drug-likeness (QED) is 0.803. The van der Waals surface area contributed by atoms with E-state index in [1.165, 1.54) is 0 Å². The second kappa shape index (κ2) is 5.30. The molecule has 88 valence electrons. The molecule has 1 aromatic carbocycles. The number of aromatic amines is 1. The molecular weight excluding hydrogens is 216 g/mol. The predicted molar refractivity (Wildman–Crippen MR) is 65.2 cm³/mol. The Morgan fingerprint density at radius 2 is 2.12 bits per heavy atom. The molecule has 0 bridgehead atoms. The average molecular weight is 230 g/mol. The fraction of sp³-hybridized carbons (Fsp3) is 0.231. The first-order valence-corrected chi connectivity index (χ1v) is 5.57. The fourth-order valence-electron chi connectivity index (χ4n) is 1.49. The largest absolute Gasteiger partial charge is 0.494 e. The molecule has 0 unspecified atom stereocenters. The average Bonchev–Trinajstić information content (AvgIpc) is 2.86. The summed E-state index contributed by atoms with van der Waals surface area (Å²) in [5.41, 5.74) is 2.19. The highest BCUT2D eigenvalue weighted by molar-refractivity contribution is 5.75. The number of H-pyrrole nitrogens is 1. The van der Waals surface area contributed by atoms with Crippen LogP contribution in [-0.2, 0) is 0 Å². The number of aromatic nitrogens is 2. The lowest BCUT2D eigenvalue weighted by atomic mass is 10.1. The van der Waals surface area contributed by atoms with Crippen LogP contribution >= 0.6 is 0 Å². The summed E-state index contributed by atoms with van der Waals surface area (Å²) in [6.07, 6.45) is 1.74. The molecule has 4 heteroatoms. The first-order valence-electron chi connectivity index (χ1n) is 5.57. The number of ether oxygens (including phenoxy) is 1. The molecular formula is C13H14N2O2. The number of benzene rings is 1. The lowest BCUT2D eigenvalue weighted by Crippen LogP contribution is -1.94. The van der Waals surface area contributed by atoms with E-state index in [2.05, 4.69) is 17.1 Å². The smallest absolute Gasteiger partial charge is 0.167 e. The minimum absolute atomic E-state index is 0.478. The van der Waals surface area contributed by atoms with Crippen LogP contribution in [0.2, 0.25) is 0 Å². The molecule has 17 heavy (non-hydrogen) atoms. The van der Waals surface area contributed by atoms with Gasteiger partial charge in [-0.15, -0.1) is 0 Å². The van der Waals surface area contributed by atoms with Gasteiger partial charge in [0.1, 0.15) is 5.75 Å². The van der Waals surface area contributed by atoms with Crippen LogP contribution in [0.4, 0.5) is 0 Å². The van der Waals surface area contributed by atoms with Crippen molar-refractivity contribution in [2.75, 3.05) is 6.61 Å². The fourth-order valence-corrected chi connectivity index (χ4v) is 1.49. The molecule has 0 amide bonds. The molecule has 1 aromatic heterocycles. The predicted octanol–water partition coefficient (Wildman–Crippen LogP) is 2.68. The van der Waals surface area contributed by atoms with Crippen molar-refractivity contribution in [2.24, 2.45) is 0 Å². The zero-order chi connectivity index (χ0) is 12.1. The Morgan fingerprint density at radius 1 is 1.35 bits per heavy atom. The van der Waals surface area contributed by atoms with E-state index in [1.54, 1.807) is 6.07 Å². The normalized spacial score (nSPS) is 10.2. The first kappa shape index (κ1) is 11.4. The lowest BCUT2D eigenvalue weighted by molar-refractivity contribution is 0.111. The minimum Gasteiger partial charge on any atom is -0.494 e.